The van der Waals surface area contributed by atoms with Crippen molar-refractivity contribution < 1.29 is 9.53 Å². The van der Waals surface area contributed by atoms with Crippen LogP contribution in [0.4, 0.5) is 0 Å². The van der Waals surface area contributed by atoms with Crippen molar-refractivity contribution in [1.29, 1.82) is 0 Å². The maximum Gasteiger partial charge on any atom is 0.222 e. The number of ether oxygens (including phenoxy) is 1. The van der Waals surface area contributed by atoms with Crippen molar-refractivity contribution in [2.24, 2.45) is 5.92 Å². The predicted molar refractivity (Wildman–Crippen MR) is 73.6 cm³/mol. The Kier molecular flexibility index (Phi) is 7.28. The molecule has 4 nitrogen and oxygen atoms in total. The van der Waals surface area contributed by atoms with Crippen molar-refractivity contribution in [3.8, 4) is 0 Å². The van der Waals surface area contributed by atoms with Crippen molar-refractivity contribution >= 4 is 5.91 Å². The van der Waals surface area contributed by atoms with Crippen LogP contribution < -0.4 is 5.32 Å². The van der Waals surface area contributed by atoms with E-state index in [4.69, 9.17) is 4.74 Å². The second-order valence-electron chi connectivity index (χ2n) is 5.51. The lowest BCUT2D eigenvalue weighted by Gasteiger charge is -2.17. The Hall–Kier alpha value is -0.610. The molecular weight excluding hydrogens is 228 g/mol. The van der Waals surface area contributed by atoms with Crippen molar-refractivity contribution in [1.82, 2.24) is 10.2 Å². The first-order valence-electron chi connectivity index (χ1n) is 7.17. The average molecular weight is 256 g/mol. The molecule has 0 spiro atoms. The lowest BCUT2D eigenvalue weighted by atomic mass is 10.1. The van der Waals surface area contributed by atoms with Gasteiger partial charge in [0.25, 0.3) is 0 Å². The number of nitrogens with zero attached hydrogens (tertiary/aromatic N) is 1. The fraction of sp³-hybridized carbons (Fsp3) is 0.929. The Bertz CT molecular complexity index is 244. The first kappa shape index (κ1) is 15.4. The van der Waals surface area contributed by atoms with Crippen LogP contribution in [0.3, 0.4) is 0 Å². The highest BCUT2D eigenvalue weighted by Crippen LogP contribution is 2.15. The molecule has 1 heterocycles. The first-order chi connectivity index (χ1) is 8.63. The summed E-state index contributed by atoms with van der Waals surface area (Å²) in [6, 6.07) is 0. The second kappa shape index (κ2) is 8.48. The molecule has 4 heteroatoms. The molecule has 0 aromatic carbocycles. The molecule has 1 saturated heterocycles. The van der Waals surface area contributed by atoms with E-state index in [0.717, 1.165) is 45.5 Å². The minimum atomic E-state index is 0.261. The summed E-state index contributed by atoms with van der Waals surface area (Å²) in [7, 11) is 1.92. The predicted octanol–water partition coefficient (Wildman–Crippen LogP) is 1.65. The number of carbonyl (C=O) groups excluding carboxylic acids is 1. The Balaban J connectivity index is 2.13. The van der Waals surface area contributed by atoms with E-state index in [0.29, 0.717) is 12.3 Å². The topological polar surface area (TPSA) is 41.6 Å². The van der Waals surface area contributed by atoms with Crippen molar-refractivity contribution in [3.63, 3.8) is 0 Å². The number of hydrogen-bond donors (Lipinski definition) is 1. The van der Waals surface area contributed by atoms with Crippen molar-refractivity contribution in [2.75, 3.05) is 33.3 Å². The van der Waals surface area contributed by atoms with Gasteiger partial charge in [-0.2, -0.15) is 0 Å². The number of nitrogens with one attached hydrogen (secondary N) is 1. The molecule has 0 aliphatic carbocycles. The highest BCUT2D eigenvalue weighted by atomic mass is 16.5. The molecular formula is C14H28N2O2. The van der Waals surface area contributed by atoms with E-state index in [2.05, 4.69) is 19.2 Å². The third-order valence-corrected chi connectivity index (χ3v) is 3.36. The molecule has 18 heavy (non-hydrogen) atoms. The summed E-state index contributed by atoms with van der Waals surface area (Å²) in [5.41, 5.74) is 0. The van der Waals surface area contributed by atoms with Gasteiger partial charge < -0.3 is 15.0 Å². The number of carbonyl (C=O) groups is 1. The number of likely N-dealkylation sites (tertiary alicyclic amines) is 1. The van der Waals surface area contributed by atoms with Gasteiger partial charge in [-0.05, 0) is 38.8 Å². The van der Waals surface area contributed by atoms with Gasteiger partial charge in [-0.25, -0.2) is 0 Å². The Morgan fingerprint density at radius 2 is 2.28 bits per heavy atom. The summed E-state index contributed by atoms with van der Waals surface area (Å²) in [6.07, 6.45) is 3.93. The fourth-order valence-electron chi connectivity index (χ4n) is 2.14. The van der Waals surface area contributed by atoms with Gasteiger partial charge in [0, 0.05) is 26.1 Å². The summed E-state index contributed by atoms with van der Waals surface area (Å²) in [4.78, 5) is 13.8. The van der Waals surface area contributed by atoms with Crippen molar-refractivity contribution in [2.45, 2.75) is 45.6 Å². The summed E-state index contributed by atoms with van der Waals surface area (Å²) >= 11 is 0. The molecule has 1 rings (SSSR count). The van der Waals surface area contributed by atoms with Crippen LogP contribution in [0.25, 0.3) is 0 Å². The van der Waals surface area contributed by atoms with Crippen LogP contribution in [0.15, 0.2) is 0 Å². The van der Waals surface area contributed by atoms with Gasteiger partial charge in [0.2, 0.25) is 5.91 Å². The van der Waals surface area contributed by atoms with Crippen LogP contribution >= 0.6 is 0 Å². The lowest BCUT2D eigenvalue weighted by molar-refractivity contribution is -0.130. The molecule has 1 amide bonds. The smallest absolute Gasteiger partial charge is 0.222 e. The zero-order chi connectivity index (χ0) is 13.4. The summed E-state index contributed by atoms with van der Waals surface area (Å²) in [5.74, 6) is 0.964. The molecule has 1 N–H and O–H groups in total. The van der Waals surface area contributed by atoms with Crippen LogP contribution in [-0.4, -0.2) is 50.2 Å². The number of amides is 1. The molecule has 1 fully saturated rings. The minimum Gasteiger partial charge on any atom is -0.376 e. The molecule has 0 aromatic rings. The van der Waals surface area contributed by atoms with Gasteiger partial charge >= 0.3 is 0 Å². The standard InChI is InChI=1S/C14H28N2O2/c1-12(2)7-10-18-13-6-9-16(11-13)14(17)5-4-8-15-3/h12-13,15H,4-11H2,1-3H3. The average Bonchev–Trinajstić information content (AvgIpc) is 2.77. The third-order valence-electron chi connectivity index (χ3n) is 3.36. The van der Waals surface area contributed by atoms with E-state index >= 15 is 0 Å². The first-order valence-corrected chi connectivity index (χ1v) is 7.17. The van der Waals surface area contributed by atoms with Crippen LogP contribution in [-0.2, 0) is 9.53 Å². The third kappa shape index (κ3) is 5.83. The van der Waals surface area contributed by atoms with Gasteiger partial charge in [-0.15, -0.1) is 0 Å². The molecule has 0 radical (unpaired) electrons. The molecule has 1 unspecified atom stereocenters. The van der Waals surface area contributed by atoms with Gasteiger partial charge in [0.05, 0.1) is 6.10 Å². The van der Waals surface area contributed by atoms with Crippen LogP contribution in [0.5, 0.6) is 0 Å². The van der Waals surface area contributed by atoms with Gasteiger partial charge in [0.15, 0.2) is 0 Å². The Morgan fingerprint density at radius 3 is 2.94 bits per heavy atom. The largest absolute Gasteiger partial charge is 0.376 e. The highest BCUT2D eigenvalue weighted by Gasteiger charge is 2.26. The molecule has 1 aliphatic rings. The maximum absolute atomic E-state index is 11.9. The number of hydrogen-bond acceptors (Lipinski definition) is 3. The highest BCUT2D eigenvalue weighted by molar-refractivity contribution is 5.76. The van der Waals surface area contributed by atoms with E-state index in [1.807, 2.05) is 11.9 Å². The summed E-state index contributed by atoms with van der Waals surface area (Å²) < 4.78 is 5.81. The molecule has 1 aliphatic heterocycles. The molecule has 106 valence electrons. The fourth-order valence-corrected chi connectivity index (χ4v) is 2.14. The SMILES string of the molecule is CNCCCC(=O)N1CCC(OCCC(C)C)C1. The van der Waals surface area contributed by atoms with Crippen LogP contribution in [0, 0.1) is 5.92 Å². The minimum absolute atomic E-state index is 0.261. The molecule has 0 aromatic heterocycles. The Labute approximate surface area is 111 Å². The van der Waals surface area contributed by atoms with E-state index in [1.54, 1.807) is 0 Å². The van der Waals surface area contributed by atoms with Gasteiger partial charge in [-0.3, -0.25) is 4.79 Å². The quantitative estimate of drug-likeness (QED) is 0.671. The van der Waals surface area contributed by atoms with Gasteiger partial charge in [0.1, 0.15) is 0 Å². The molecule has 0 bridgehead atoms. The Morgan fingerprint density at radius 1 is 1.50 bits per heavy atom. The van der Waals surface area contributed by atoms with E-state index in [-0.39, 0.29) is 12.0 Å². The number of rotatable bonds is 8. The zero-order valence-electron chi connectivity index (χ0n) is 12.1. The second-order valence-corrected chi connectivity index (χ2v) is 5.51. The monoisotopic (exact) mass is 256 g/mol. The lowest BCUT2D eigenvalue weighted by Crippen LogP contribution is -2.30. The molecule has 1 atom stereocenters. The van der Waals surface area contributed by atoms with Crippen molar-refractivity contribution in [3.05, 3.63) is 0 Å². The maximum atomic E-state index is 11.9. The van der Waals surface area contributed by atoms with E-state index in [9.17, 15) is 4.79 Å². The van der Waals surface area contributed by atoms with Crippen LogP contribution in [0.1, 0.15) is 39.5 Å². The summed E-state index contributed by atoms with van der Waals surface area (Å²) in [5, 5.41) is 3.07. The normalized spacial score (nSPS) is 19.8. The molecule has 0 saturated carbocycles. The summed E-state index contributed by atoms with van der Waals surface area (Å²) in [6.45, 7) is 7.80. The van der Waals surface area contributed by atoms with Gasteiger partial charge in [-0.1, -0.05) is 13.8 Å². The van der Waals surface area contributed by atoms with Crippen LogP contribution in [0.2, 0.25) is 0 Å². The van der Waals surface area contributed by atoms with E-state index < -0.39 is 0 Å². The zero-order valence-corrected chi connectivity index (χ0v) is 12.1. The van der Waals surface area contributed by atoms with E-state index in [1.165, 1.54) is 0 Å².